The van der Waals surface area contributed by atoms with Crippen molar-refractivity contribution < 1.29 is 4.79 Å². The second-order valence-corrected chi connectivity index (χ2v) is 1.50. The molecule has 1 aliphatic heterocycles. The normalized spacial score (nSPS) is 15.4. The number of nitrogens with one attached hydrogen (secondary N) is 4. The highest BCUT2D eigenvalue weighted by Crippen LogP contribution is 1.68. The number of carbonyl (C=O) groups is 1. The molecule has 0 atom stereocenters. The number of hydrogen-bond acceptors (Lipinski definition) is 5. The van der Waals surface area contributed by atoms with Crippen LogP contribution in [0.15, 0.2) is 5.10 Å². The van der Waals surface area contributed by atoms with Crippen molar-refractivity contribution >= 4 is 11.9 Å². The summed E-state index contributed by atoms with van der Waals surface area (Å²) in [5.41, 5.74) is 7.39. The smallest absolute Gasteiger partial charge is 0.237 e. The number of nitrogens with zero attached hydrogens (tertiary/aromatic N) is 1. The van der Waals surface area contributed by atoms with Crippen LogP contribution in [0.25, 0.3) is 0 Å². The average molecular weight is 129 g/mol. The molecule has 50 valence electrons. The average Bonchev–Trinajstić information content (AvgIpc) is 2.15. The molecule has 0 saturated heterocycles. The zero-order chi connectivity index (χ0) is 6.69. The molecule has 6 nitrogen and oxygen atoms in total. The summed E-state index contributed by atoms with van der Waals surface area (Å²) in [5.74, 6) is 0.217. The summed E-state index contributed by atoms with van der Waals surface area (Å²) in [4.78, 5) is 10.3. The molecule has 0 saturated carbocycles. The molecule has 0 aliphatic carbocycles. The molecule has 4 N–H and O–H groups in total. The van der Waals surface area contributed by atoms with Crippen molar-refractivity contribution in [2.24, 2.45) is 5.10 Å². The lowest BCUT2D eigenvalue weighted by atomic mass is 10.7. The molecule has 1 aliphatic rings. The maximum atomic E-state index is 10.3. The minimum atomic E-state index is -0.160. The van der Waals surface area contributed by atoms with Gasteiger partial charge in [0.05, 0.1) is 0 Å². The van der Waals surface area contributed by atoms with Gasteiger partial charge >= 0.3 is 0 Å². The van der Waals surface area contributed by atoms with E-state index in [4.69, 9.17) is 0 Å². The van der Waals surface area contributed by atoms with Crippen LogP contribution in [0.4, 0.5) is 0 Å². The van der Waals surface area contributed by atoms with Gasteiger partial charge in [-0.1, -0.05) is 0 Å². The molecule has 0 spiro atoms. The minimum absolute atomic E-state index is 0.160. The monoisotopic (exact) mass is 129 g/mol. The van der Waals surface area contributed by atoms with Gasteiger partial charge in [0.15, 0.2) is 0 Å². The first-order valence-electron chi connectivity index (χ1n) is 2.40. The van der Waals surface area contributed by atoms with E-state index in [9.17, 15) is 4.79 Å². The van der Waals surface area contributed by atoms with Crippen molar-refractivity contribution in [2.75, 3.05) is 0 Å². The van der Waals surface area contributed by atoms with Crippen LogP contribution in [-0.2, 0) is 4.79 Å². The highest BCUT2D eigenvalue weighted by Gasteiger charge is 2.03. The third-order valence-electron chi connectivity index (χ3n) is 0.699. The Bertz CT molecular complexity index is 152. The van der Waals surface area contributed by atoms with Gasteiger partial charge < -0.3 is 0 Å². The van der Waals surface area contributed by atoms with Gasteiger partial charge in [0.1, 0.15) is 0 Å². The Morgan fingerprint density at radius 1 is 1.78 bits per heavy atom. The third-order valence-corrected chi connectivity index (χ3v) is 0.699. The van der Waals surface area contributed by atoms with Crippen LogP contribution in [0.2, 0.25) is 0 Å². The van der Waals surface area contributed by atoms with E-state index >= 15 is 0 Å². The molecule has 0 radical (unpaired) electrons. The number of hydrazone groups is 1. The number of hydrazine groups is 2. The van der Waals surface area contributed by atoms with Gasteiger partial charge in [-0.3, -0.25) is 15.5 Å². The molecule has 0 unspecified atom stereocenters. The van der Waals surface area contributed by atoms with Gasteiger partial charge in [0, 0.05) is 6.92 Å². The van der Waals surface area contributed by atoms with E-state index in [1.807, 2.05) is 0 Å². The first kappa shape index (κ1) is 5.83. The Balaban J connectivity index is 2.35. The molecule has 0 aromatic rings. The van der Waals surface area contributed by atoms with Crippen molar-refractivity contribution in [3.8, 4) is 0 Å². The SMILES string of the molecule is CC(=O)NC1=NNNN1. The zero-order valence-electron chi connectivity index (χ0n) is 4.86. The van der Waals surface area contributed by atoms with Gasteiger partial charge in [-0.15, -0.1) is 10.6 Å². The lowest BCUT2D eigenvalue weighted by Crippen LogP contribution is -2.42. The van der Waals surface area contributed by atoms with Crippen LogP contribution in [0.1, 0.15) is 6.92 Å². The van der Waals surface area contributed by atoms with Crippen LogP contribution < -0.4 is 21.8 Å². The van der Waals surface area contributed by atoms with Crippen LogP contribution in [-0.4, -0.2) is 11.9 Å². The van der Waals surface area contributed by atoms with Crippen LogP contribution in [0.3, 0.4) is 0 Å². The summed E-state index contributed by atoms with van der Waals surface area (Å²) < 4.78 is 0. The molecule has 0 fully saturated rings. The van der Waals surface area contributed by atoms with Crippen molar-refractivity contribution in [3.05, 3.63) is 0 Å². The Hall–Kier alpha value is -1.30. The molecule has 1 heterocycles. The second kappa shape index (κ2) is 2.31. The van der Waals surface area contributed by atoms with Crippen molar-refractivity contribution in [1.29, 1.82) is 0 Å². The Kier molecular flexibility index (Phi) is 1.50. The maximum Gasteiger partial charge on any atom is 0.237 e. The van der Waals surface area contributed by atoms with Crippen LogP contribution in [0, 0.1) is 0 Å². The van der Waals surface area contributed by atoms with Gasteiger partial charge in [0.2, 0.25) is 11.9 Å². The predicted molar refractivity (Wildman–Crippen MR) is 30.7 cm³/mol. The Morgan fingerprint density at radius 3 is 3.00 bits per heavy atom. The van der Waals surface area contributed by atoms with E-state index in [-0.39, 0.29) is 5.91 Å². The summed E-state index contributed by atoms with van der Waals surface area (Å²) in [7, 11) is 0. The summed E-state index contributed by atoms with van der Waals surface area (Å²) >= 11 is 0. The summed E-state index contributed by atoms with van der Waals surface area (Å²) in [5, 5.41) is 6.00. The fourth-order valence-electron chi connectivity index (χ4n) is 0.425. The zero-order valence-corrected chi connectivity index (χ0v) is 4.86. The van der Waals surface area contributed by atoms with Crippen LogP contribution in [0.5, 0.6) is 0 Å². The molecule has 0 aromatic heterocycles. The Labute approximate surface area is 51.6 Å². The lowest BCUT2D eigenvalue weighted by Gasteiger charge is -1.97. The van der Waals surface area contributed by atoms with Gasteiger partial charge in [-0.05, 0) is 0 Å². The standard InChI is InChI=1S/C3H7N5O/c1-2(9)4-3-5-7-8-6-3/h7-8H,1H3,(H2,4,5,6,9). The lowest BCUT2D eigenvalue weighted by molar-refractivity contribution is -0.117. The topological polar surface area (TPSA) is 77.5 Å². The van der Waals surface area contributed by atoms with E-state index in [1.165, 1.54) is 6.92 Å². The maximum absolute atomic E-state index is 10.3. The van der Waals surface area contributed by atoms with E-state index < -0.39 is 0 Å². The molecule has 6 heteroatoms. The molecule has 0 aromatic carbocycles. The quantitative estimate of drug-likeness (QED) is 0.305. The number of guanidine groups is 1. The van der Waals surface area contributed by atoms with Crippen molar-refractivity contribution in [3.63, 3.8) is 0 Å². The molecule has 0 bridgehead atoms. The van der Waals surface area contributed by atoms with Gasteiger partial charge in [0.25, 0.3) is 0 Å². The van der Waals surface area contributed by atoms with Crippen molar-refractivity contribution in [1.82, 2.24) is 21.8 Å². The van der Waals surface area contributed by atoms with Gasteiger partial charge in [-0.25, -0.2) is 5.53 Å². The number of amides is 1. The molecule has 9 heavy (non-hydrogen) atoms. The van der Waals surface area contributed by atoms with Crippen LogP contribution >= 0.6 is 0 Å². The second-order valence-electron chi connectivity index (χ2n) is 1.50. The molecular formula is C3H7N5O. The number of carbonyl (C=O) groups excluding carboxylic acids is 1. The predicted octanol–water partition coefficient (Wildman–Crippen LogP) is -1.99. The number of rotatable bonds is 0. The third kappa shape index (κ3) is 1.57. The fraction of sp³-hybridized carbons (Fsp3) is 0.333. The largest absolute Gasteiger partial charge is 0.294 e. The van der Waals surface area contributed by atoms with Gasteiger partial charge in [-0.2, -0.15) is 0 Å². The fourth-order valence-corrected chi connectivity index (χ4v) is 0.425. The summed E-state index contributed by atoms with van der Waals surface area (Å²) in [6.07, 6.45) is 0. The van der Waals surface area contributed by atoms with E-state index in [0.29, 0.717) is 5.96 Å². The summed E-state index contributed by atoms with van der Waals surface area (Å²) in [6, 6.07) is 0. The first-order chi connectivity index (χ1) is 4.29. The Morgan fingerprint density at radius 2 is 2.56 bits per heavy atom. The van der Waals surface area contributed by atoms with E-state index in [2.05, 4.69) is 26.9 Å². The highest BCUT2D eigenvalue weighted by molar-refractivity contribution is 5.95. The molecule has 1 rings (SSSR count). The molecular weight excluding hydrogens is 122 g/mol. The minimum Gasteiger partial charge on any atom is -0.294 e. The highest BCUT2D eigenvalue weighted by atomic mass is 16.1. The molecule has 1 amide bonds. The van der Waals surface area contributed by atoms with E-state index in [1.54, 1.807) is 0 Å². The first-order valence-corrected chi connectivity index (χ1v) is 2.40. The number of hydrogen-bond donors (Lipinski definition) is 4. The van der Waals surface area contributed by atoms with E-state index in [0.717, 1.165) is 0 Å². The van der Waals surface area contributed by atoms with Crippen molar-refractivity contribution in [2.45, 2.75) is 6.92 Å². The summed E-state index contributed by atoms with van der Waals surface area (Å²) in [6.45, 7) is 1.41.